The molecule has 0 fully saturated rings. The van der Waals surface area contributed by atoms with Crippen molar-refractivity contribution >= 4 is 17.3 Å². The molecule has 0 aliphatic heterocycles. The van der Waals surface area contributed by atoms with Crippen LogP contribution in [0.4, 0.5) is 5.69 Å². The van der Waals surface area contributed by atoms with Crippen molar-refractivity contribution in [3.8, 4) is 0 Å². The summed E-state index contributed by atoms with van der Waals surface area (Å²) in [6, 6.07) is 6.84. The van der Waals surface area contributed by atoms with Crippen molar-refractivity contribution in [3.63, 3.8) is 0 Å². The number of hydrogen-bond acceptors (Lipinski definition) is 2. The van der Waals surface area contributed by atoms with Crippen LogP contribution in [0.15, 0.2) is 18.2 Å². The minimum Gasteiger partial charge on any atom is -0.368 e. The molecule has 0 bridgehead atoms. The summed E-state index contributed by atoms with van der Waals surface area (Å²) in [5, 5.41) is 0.775. The molecular formula is C17H29ClN2. The number of benzene rings is 1. The fraction of sp³-hybridized carbons (Fsp3) is 0.647. The molecule has 0 spiro atoms. The van der Waals surface area contributed by atoms with Crippen molar-refractivity contribution in [3.05, 3.63) is 28.8 Å². The van der Waals surface area contributed by atoms with E-state index in [0.717, 1.165) is 30.0 Å². The van der Waals surface area contributed by atoms with E-state index in [0.29, 0.717) is 12.0 Å². The molecule has 1 unspecified atom stereocenters. The quantitative estimate of drug-likeness (QED) is 0.766. The minimum absolute atomic E-state index is 0.0248. The largest absolute Gasteiger partial charge is 0.368 e. The fourth-order valence-corrected chi connectivity index (χ4v) is 3.00. The van der Waals surface area contributed by atoms with Crippen molar-refractivity contribution in [1.82, 2.24) is 0 Å². The van der Waals surface area contributed by atoms with E-state index in [-0.39, 0.29) is 6.04 Å². The predicted octanol–water partition coefficient (Wildman–Crippen LogP) is 5.01. The van der Waals surface area contributed by atoms with Gasteiger partial charge >= 0.3 is 0 Å². The first kappa shape index (κ1) is 17.3. The van der Waals surface area contributed by atoms with Gasteiger partial charge in [-0.15, -0.1) is 0 Å². The van der Waals surface area contributed by atoms with Gasteiger partial charge in [-0.2, -0.15) is 0 Å². The molecule has 20 heavy (non-hydrogen) atoms. The third-order valence-electron chi connectivity index (χ3n) is 3.75. The maximum absolute atomic E-state index is 6.39. The lowest BCUT2D eigenvalue weighted by molar-refractivity contribution is 0.507. The number of halogens is 1. The first-order valence-corrected chi connectivity index (χ1v) is 8.10. The van der Waals surface area contributed by atoms with E-state index >= 15 is 0 Å². The maximum Gasteiger partial charge on any atom is 0.0474 e. The second-order valence-corrected chi connectivity index (χ2v) is 6.42. The van der Waals surface area contributed by atoms with Gasteiger partial charge in [0.15, 0.2) is 0 Å². The van der Waals surface area contributed by atoms with Crippen molar-refractivity contribution in [2.24, 2.45) is 11.7 Å². The number of nitrogens with two attached hydrogens (primary N) is 1. The Morgan fingerprint density at radius 1 is 1.15 bits per heavy atom. The van der Waals surface area contributed by atoms with Crippen LogP contribution in [0, 0.1) is 5.92 Å². The van der Waals surface area contributed by atoms with Gasteiger partial charge in [0.2, 0.25) is 0 Å². The molecule has 2 nitrogen and oxygen atoms in total. The third kappa shape index (κ3) is 4.39. The van der Waals surface area contributed by atoms with Crippen LogP contribution in [-0.2, 0) is 0 Å². The predicted molar refractivity (Wildman–Crippen MR) is 90.6 cm³/mol. The lowest BCUT2D eigenvalue weighted by atomic mass is 10.0. The molecule has 0 aliphatic rings. The van der Waals surface area contributed by atoms with Gasteiger partial charge in [-0.1, -0.05) is 45.4 Å². The Morgan fingerprint density at radius 3 is 2.15 bits per heavy atom. The van der Waals surface area contributed by atoms with Gasteiger partial charge in [-0.25, -0.2) is 0 Å². The van der Waals surface area contributed by atoms with Gasteiger partial charge < -0.3 is 10.6 Å². The molecule has 0 heterocycles. The van der Waals surface area contributed by atoms with Gasteiger partial charge in [-0.05, 0) is 43.4 Å². The summed E-state index contributed by atoms with van der Waals surface area (Å²) in [5.74, 6) is 0.627. The number of anilines is 1. The van der Waals surface area contributed by atoms with Crippen molar-refractivity contribution in [2.75, 3.05) is 11.4 Å². The monoisotopic (exact) mass is 296 g/mol. The zero-order valence-corrected chi connectivity index (χ0v) is 14.2. The van der Waals surface area contributed by atoms with E-state index in [1.54, 1.807) is 0 Å². The van der Waals surface area contributed by atoms with Crippen molar-refractivity contribution < 1.29 is 0 Å². The average molecular weight is 297 g/mol. The second kappa shape index (κ2) is 7.90. The van der Waals surface area contributed by atoms with E-state index in [1.165, 1.54) is 5.69 Å². The molecule has 114 valence electrons. The highest BCUT2D eigenvalue weighted by Crippen LogP contribution is 2.29. The van der Waals surface area contributed by atoms with Crippen LogP contribution in [-0.4, -0.2) is 12.6 Å². The zero-order valence-electron chi connectivity index (χ0n) is 13.5. The highest BCUT2D eigenvalue weighted by atomic mass is 35.5. The second-order valence-electron chi connectivity index (χ2n) is 6.01. The average Bonchev–Trinajstić information content (AvgIpc) is 2.37. The first-order chi connectivity index (χ1) is 9.40. The van der Waals surface area contributed by atoms with Crippen LogP contribution >= 0.6 is 11.6 Å². The van der Waals surface area contributed by atoms with Crippen LogP contribution in [0.1, 0.15) is 59.1 Å². The zero-order chi connectivity index (χ0) is 15.3. The Balaban J connectivity index is 3.10. The highest BCUT2D eigenvalue weighted by molar-refractivity contribution is 6.31. The molecule has 0 amide bonds. The Bertz CT molecular complexity index is 411. The molecule has 0 aliphatic carbocycles. The molecule has 0 radical (unpaired) electrons. The standard InChI is InChI=1S/C17H29ClN2/c1-6-14(7-2)20(11-12(3)4)15-8-9-16(13(5)19)17(18)10-15/h8-10,12-14H,6-7,11,19H2,1-5H3. The van der Waals surface area contributed by atoms with E-state index in [4.69, 9.17) is 17.3 Å². The molecule has 0 saturated carbocycles. The van der Waals surface area contributed by atoms with E-state index in [9.17, 15) is 0 Å². The lowest BCUT2D eigenvalue weighted by Crippen LogP contribution is -2.37. The van der Waals surface area contributed by atoms with Crippen LogP contribution in [0.3, 0.4) is 0 Å². The van der Waals surface area contributed by atoms with Gasteiger partial charge in [0.1, 0.15) is 0 Å². The topological polar surface area (TPSA) is 29.3 Å². The molecule has 1 rings (SSSR count). The Kier molecular flexibility index (Phi) is 6.84. The SMILES string of the molecule is CCC(CC)N(CC(C)C)c1ccc(C(C)N)c(Cl)c1. The number of rotatable bonds is 7. The third-order valence-corrected chi connectivity index (χ3v) is 4.08. The molecule has 1 atom stereocenters. The van der Waals surface area contributed by atoms with Gasteiger partial charge in [0.25, 0.3) is 0 Å². The Morgan fingerprint density at radius 2 is 1.75 bits per heavy atom. The Labute approximate surface area is 129 Å². The Hall–Kier alpha value is -0.730. The summed E-state index contributed by atoms with van der Waals surface area (Å²) >= 11 is 6.39. The lowest BCUT2D eigenvalue weighted by Gasteiger charge is -2.34. The molecule has 2 N–H and O–H groups in total. The summed E-state index contributed by atoms with van der Waals surface area (Å²) in [4.78, 5) is 2.49. The van der Waals surface area contributed by atoms with Crippen LogP contribution < -0.4 is 10.6 Å². The number of nitrogens with zero attached hydrogens (tertiary/aromatic N) is 1. The summed E-state index contributed by atoms with van der Waals surface area (Å²) < 4.78 is 0. The summed E-state index contributed by atoms with van der Waals surface area (Å²) in [6.07, 6.45) is 2.30. The fourth-order valence-electron chi connectivity index (χ4n) is 2.65. The molecule has 1 aromatic carbocycles. The van der Waals surface area contributed by atoms with Gasteiger partial charge in [0.05, 0.1) is 0 Å². The highest BCUT2D eigenvalue weighted by Gasteiger charge is 2.18. The van der Waals surface area contributed by atoms with E-state index in [1.807, 2.05) is 6.92 Å². The molecule has 0 aromatic heterocycles. The molecule has 0 saturated heterocycles. The van der Waals surface area contributed by atoms with Crippen LogP contribution in [0.5, 0.6) is 0 Å². The molecular weight excluding hydrogens is 268 g/mol. The van der Waals surface area contributed by atoms with Crippen molar-refractivity contribution in [2.45, 2.75) is 59.5 Å². The first-order valence-electron chi connectivity index (χ1n) is 7.72. The van der Waals surface area contributed by atoms with Gasteiger partial charge in [0, 0.05) is 29.3 Å². The van der Waals surface area contributed by atoms with E-state index < -0.39 is 0 Å². The minimum atomic E-state index is -0.0248. The summed E-state index contributed by atoms with van der Waals surface area (Å²) in [6.45, 7) is 12.0. The van der Waals surface area contributed by atoms with E-state index in [2.05, 4.69) is 50.8 Å². The van der Waals surface area contributed by atoms with Crippen molar-refractivity contribution in [1.29, 1.82) is 0 Å². The van der Waals surface area contributed by atoms with Crippen LogP contribution in [0.25, 0.3) is 0 Å². The molecule has 1 aromatic rings. The van der Waals surface area contributed by atoms with Gasteiger partial charge in [-0.3, -0.25) is 0 Å². The number of hydrogen-bond donors (Lipinski definition) is 1. The van der Waals surface area contributed by atoms with Crippen LogP contribution in [0.2, 0.25) is 5.02 Å². The molecule has 3 heteroatoms. The summed E-state index contributed by atoms with van der Waals surface area (Å²) in [5.41, 5.74) is 8.16. The maximum atomic E-state index is 6.39. The smallest absolute Gasteiger partial charge is 0.0474 e. The normalized spacial score (nSPS) is 13.1. The summed E-state index contributed by atoms with van der Waals surface area (Å²) in [7, 11) is 0.